The molecule has 3 rings (SSSR count). The Morgan fingerprint density at radius 2 is 2.14 bits per heavy atom. The molecule has 0 aliphatic heterocycles. The Hall–Kier alpha value is -1.88. The minimum atomic E-state index is -0.122. The van der Waals surface area contributed by atoms with Gasteiger partial charge in [0, 0.05) is 12.1 Å². The van der Waals surface area contributed by atoms with Gasteiger partial charge in [-0.25, -0.2) is 0 Å². The molecule has 0 amide bonds. The third kappa shape index (κ3) is 2.65. The van der Waals surface area contributed by atoms with Gasteiger partial charge in [-0.05, 0) is 31.9 Å². The lowest BCUT2D eigenvalue weighted by atomic mass is 9.86. The predicted octanol–water partition coefficient (Wildman–Crippen LogP) is 2.91. The van der Waals surface area contributed by atoms with E-state index < -0.39 is 0 Å². The fraction of sp³-hybridized carbons (Fsp3) is 0.500. The summed E-state index contributed by atoms with van der Waals surface area (Å²) in [6.45, 7) is 3.16. The van der Waals surface area contributed by atoms with Crippen molar-refractivity contribution in [3.8, 4) is 17.1 Å². The fourth-order valence-corrected chi connectivity index (χ4v) is 3.00. The monoisotopic (exact) mass is 287 g/mol. The summed E-state index contributed by atoms with van der Waals surface area (Å²) in [6.07, 6.45) is 4.41. The van der Waals surface area contributed by atoms with Gasteiger partial charge in [0.25, 0.3) is 0 Å². The van der Waals surface area contributed by atoms with Crippen molar-refractivity contribution in [2.75, 3.05) is 13.2 Å². The number of nitrogens with two attached hydrogens (primary N) is 1. The second-order valence-corrected chi connectivity index (χ2v) is 5.58. The average Bonchev–Trinajstić information content (AvgIpc) is 3.18. The molecule has 1 aromatic heterocycles. The van der Waals surface area contributed by atoms with Crippen molar-refractivity contribution < 1.29 is 9.26 Å². The Kier molecular flexibility index (Phi) is 3.92. The molecule has 2 aromatic rings. The number of ether oxygens (including phenoxy) is 1. The van der Waals surface area contributed by atoms with Crippen molar-refractivity contribution >= 4 is 0 Å². The van der Waals surface area contributed by atoms with Gasteiger partial charge in [-0.3, -0.25) is 0 Å². The molecule has 0 spiro atoms. The molecule has 5 nitrogen and oxygen atoms in total. The van der Waals surface area contributed by atoms with Gasteiger partial charge in [0.15, 0.2) is 0 Å². The van der Waals surface area contributed by atoms with E-state index in [-0.39, 0.29) is 5.41 Å². The first kappa shape index (κ1) is 14.1. The summed E-state index contributed by atoms with van der Waals surface area (Å²) in [6, 6.07) is 7.75. The predicted molar refractivity (Wildman–Crippen MR) is 80.1 cm³/mol. The van der Waals surface area contributed by atoms with Crippen molar-refractivity contribution in [1.82, 2.24) is 10.1 Å². The van der Waals surface area contributed by atoms with Crippen LogP contribution in [0.2, 0.25) is 0 Å². The van der Waals surface area contributed by atoms with E-state index in [0.717, 1.165) is 24.2 Å². The highest BCUT2D eigenvalue weighted by Gasteiger charge is 2.39. The van der Waals surface area contributed by atoms with Crippen LogP contribution in [0.25, 0.3) is 11.4 Å². The molecular formula is C16H21N3O2. The Balaban J connectivity index is 1.89. The lowest BCUT2D eigenvalue weighted by Gasteiger charge is -2.21. The maximum absolute atomic E-state index is 5.96. The topological polar surface area (TPSA) is 74.2 Å². The molecule has 0 saturated heterocycles. The van der Waals surface area contributed by atoms with Gasteiger partial charge >= 0.3 is 0 Å². The highest BCUT2D eigenvalue weighted by molar-refractivity contribution is 5.57. The van der Waals surface area contributed by atoms with Gasteiger partial charge in [-0.1, -0.05) is 30.1 Å². The Morgan fingerprint density at radius 3 is 2.86 bits per heavy atom. The van der Waals surface area contributed by atoms with Crippen LogP contribution in [0.5, 0.6) is 5.75 Å². The lowest BCUT2D eigenvalue weighted by molar-refractivity contribution is 0.284. The number of benzene rings is 1. The van der Waals surface area contributed by atoms with E-state index in [1.165, 1.54) is 12.8 Å². The fourth-order valence-electron chi connectivity index (χ4n) is 3.00. The summed E-state index contributed by atoms with van der Waals surface area (Å²) < 4.78 is 11.0. The van der Waals surface area contributed by atoms with Gasteiger partial charge in [-0.2, -0.15) is 4.98 Å². The first-order chi connectivity index (χ1) is 10.3. The number of nitrogens with zero attached hydrogens (tertiary/aromatic N) is 2. The molecule has 5 heteroatoms. The van der Waals surface area contributed by atoms with Gasteiger partial charge in [0.1, 0.15) is 5.75 Å². The standard InChI is InChI=1S/C16H21N3O2/c1-2-20-13-7-5-6-12(10-13)14-18-15(21-19-14)16(11-17)8-3-4-9-16/h5-7,10H,2-4,8-9,11,17H2,1H3. The van der Waals surface area contributed by atoms with Crippen LogP contribution in [0.1, 0.15) is 38.5 Å². The molecule has 1 saturated carbocycles. The summed E-state index contributed by atoms with van der Waals surface area (Å²) >= 11 is 0. The quantitative estimate of drug-likeness (QED) is 0.915. The smallest absolute Gasteiger partial charge is 0.234 e. The molecule has 0 bridgehead atoms. The number of rotatable bonds is 5. The van der Waals surface area contributed by atoms with Crippen LogP contribution in [-0.2, 0) is 5.41 Å². The number of hydrogen-bond donors (Lipinski definition) is 1. The molecule has 2 N–H and O–H groups in total. The van der Waals surface area contributed by atoms with Crippen LogP contribution >= 0.6 is 0 Å². The summed E-state index contributed by atoms with van der Waals surface area (Å²) in [5, 5.41) is 4.13. The van der Waals surface area contributed by atoms with Crippen molar-refractivity contribution in [3.63, 3.8) is 0 Å². The van der Waals surface area contributed by atoms with Crippen molar-refractivity contribution in [3.05, 3.63) is 30.2 Å². The van der Waals surface area contributed by atoms with Crippen molar-refractivity contribution in [2.45, 2.75) is 38.0 Å². The van der Waals surface area contributed by atoms with E-state index in [9.17, 15) is 0 Å². The summed E-state index contributed by atoms with van der Waals surface area (Å²) in [4.78, 5) is 4.59. The molecule has 0 radical (unpaired) electrons. The van der Waals surface area contributed by atoms with E-state index in [1.54, 1.807) is 0 Å². The van der Waals surface area contributed by atoms with E-state index in [0.29, 0.717) is 24.9 Å². The third-order valence-electron chi connectivity index (χ3n) is 4.23. The minimum absolute atomic E-state index is 0.122. The Labute approximate surface area is 124 Å². The minimum Gasteiger partial charge on any atom is -0.494 e. The van der Waals surface area contributed by atoms with E-state index >= 15 is 0 Å². The maximum Gasteiger partial charge on any atom is 0.234 e. The first-order valence-corrected chi connectivity index (χ1v) is 7.55. The normalized spacial score (nSPS) is 17.0. The third-order valence-corrected chi connectivity index (χ3v) is 4.23. The number of hydrogen-bond acceptors (Lipinski definition) is 5. The number of aromatic nitrogens is 2. The lowest BCUT2D eigenvalue weighted by Crippen LogP contribution is -2.32. The molecule has 0 unspecified atom stereocenters. The molecule has 0 atom stereocenters. The maximum atomic E-state index is 5.96. The molecule has 1 aromatic carbocycles. The molecule has 1 heterocycles. The SMILES string of the molecule is CCOc1cccc(-c2noc(C3(CN)CCCC3)n2)c1. The Morgan fingerprint density at radius 1 is 1.33 bits per heavy atom. The van der Waals surface area contributed by atoms with Crippen LogP contribution < -0.4 is 10.5 Å². The van der Waals surface area contributed by atoms with E-state index in [1.807, 2.05) is 31.2 Å². The summed E-state index contributed by atoms with van der Waals surface area (Å²) in [7, 11) is 0. The summed E-state index contributed by atoms with van der Waals surface area (Å²) in [5.74, 6) is 2.10. The largest absolute Gasteiger partial charge is 0.494 e. The first-order valence-electron chi connectivity index (χ1n) is 7.55. The zero-order valence-electron chi connectivity index (χ0n) is 12.3. The molecule has 1 aliphatic rings. The van der Waals surface area contributed by atoms with Gasteiger partial charge in [0.2, 0.25) is 11.7 Å². The molecule has 112 valence electrons. The van der Waals surface area contributed by atoms with Crippen molar-refractivity contribution in [2.24, 2.45) is 5.73 Å². The summed E-state index contributed by atoms with van der Waals surface area (Å²) in [5.41, 5.74) is 6.75. The van der Waals surface area contributed by atoms with E-state index in [4.69, 9.17) is 15.0 Å². The van der Waals surface area contributed by atoms with Crippen LogP contribution in [0.15, 0.2) is 28.8 Å². The van der Waals surface area contributed by atoms with Crippen LogP contribution in [-0.4, -0.2) is 23.3 Å². The zero-order chi connectivity index (χ0) is 14.7. The Bertz CT molecular complexity index is 603. The average molecular weight is 287 g/mol. The van der Waals surface area contributed by atoms with Gasteiger partial charge in [-0.15, -0.1) is 0 Å². The van der Waals surface area contributed by atoms with E-state index in [2.05, 4.69) is 10.1 Å². The van der Waals surface area contributed by atoms with Gasteiger partial charge in [0.05, 0.1) is 12.0 Å². The van der Waals surface area contributed by atoms with Crippen LogP contribution in [0.3, 0.4) is 0 Å². The van der Waals surface area contributed by atoms with Crippen LogP contribution in [0, 0.1) is 0 Å². The highest BCUT2D eigenvalue weighted by atomic mass is 16.5. The molecular weight excluding hydrogens is 266 g/mol. The second-order valence-electron chi connectivity index (χ2n) is 5.58. The zero-order valence-corrected chi connectivity index (χ0v) is 12.3. The second kappa shape index (κ2) is 5.85. The van der Waals surface area contributed by atoms with Crippen LogP contribution in [0.4, 0.5) is 0 Å². The van der Waals surface area contributed by atoms with Gasteiger partial charge < -0.3 is 15.0 Å². The highest BCUT2D eigenvalue weighted by Crippen LogP contribution is 2.40. The molecule has 1 fully saturated rings. The van der Waals surface area contributed by atoms with Crippen molar-refractivity contribution in [1.29, 1.82) is 0 Å². The molecule has 21 heavy (non-hydrogen) atoms. The molecule has 1 aliphatic carbocycles.